The Balaban J connectivity index is 2.25. The van der Waals surface area contributed by atoms with E-state index in [1.54, 1.807) is 12.1 Å². The highest BCUT2D eigenvalue weighted by Gasteiger charge is 2.24. The Hall–Kier alpha value is -1.40. The van der Waals surface area contributed by atoms with Gasteiger partial charge in [0, 0.05) is 25.8 Å². The molecule has 2 aromatic rings. The van der Waals surface area contributed by atoms with Gasteiger partial charge in [-0.15, -0.1) is 0 Å². The summed E-state index contributed by atoms with van der Waals surface area (Å²) in [6.45, 7) is 1.90. The Labute approximate surface area is 112 Å². The van der Waals surface area contributed by atoms with Crippen LogP contribution >= 0.6 is 0 Å². The highest BCUT2D eigenvalue weighted by Crippen LogP contribution is 2.28. The molecule has 6 heteroatoms. The molecule has 0 radical (unpaired) electrons. The number of fused-ring (bicyclic) bond motifs is 1. The van der Waals surface area contributed by atoms with Crippen LogP contribution in [0.4, 0.5) is 0 Å². The molecule has 1 atom stereocenters. The molecule has 3 rings (SSSR count). The van der Waals surface area contributed by atoms with Gasteiger partial charge in [-0.3, -0.25) is 0 Å². The fourth-order valence-electron chi connectivity index (χ4n) is 2.75. The van der Waals surface area contributed by atoms with Gasteiger partial charge in [0.25, 0.3) is 0 Å². The summed E-state index contributed by atoms with van der Waals surface area (Å²) in [5.41, 5.74) is 1.47. The van der Waals surface area contributed by atoms with E-state index in [9.17, 15) is 8.42 Å². The van der Waals surface area contributed by atoms with Crippen molar-refractivity contribution in [2.24, 2.45) is 7.05 Å². The standard InChI is InChI=1S/C13H17N3O2S/c1-16-10-4-3-5-11(19(2,17)18)12(10)15-13(16)9-6-7-14-8-9/h3-5,9,14H,6-8H2,1-2H3. The fraction of sp³-hybridized carbons (Fsp3) is 0.462. The molecule has 1 unspecified atom stereocenters. The molecule has 0 aliphatic carbocycles. The number of sulfone groups is 1. The van der Waals surface area contributed by atoms with Crippen LogP contribution in [0, 0.1) is 0 Å². The van der Waals surface area contributed by atoms with E-state index in [1.807, 2.05) is 17.7 Å². The van der Waals surface area contributed by atoms with Crippen molar-refractivity contribution >= 4 is 20.9 Å². The smallest absolute Gasteiger partial charge is 0.177 e. The van der Waals surface area contributed by atoms with E-state index in [-0.39, 0.29) is 0 Å². The average Bonchev–Trinajstić information content (AvgIpc) is 2.96. The van der Waals surface area contributed by atoms with Crippen LogP contribution in [0.3, 0.4) is 0 Å². The minimum Gasteiger partial charge on any atom is -0.331 e. The minimum absolute atomic E-state index is 0.317. The molecule has 1 aromatic carbocycles. The summed E-state index contributed by atoms with van der Waals surface area (Å²) in [4.78, 5) is 4.92. The summed E-state index contributed by atoms with van der Waals surface area (Å²) >= 11 is 0. The lowest BCUT2D eigenvalue weighted by Crippen LogP contribution is -2.11. The Kier molecular flexibility index (Phi) is 2.87. The van der Waals surface area contributed by atoms with Gasteiger partial charge in [-0.2, -0.15) is 0 Å². The molecule has 0 amide bonds. The molecule has 19 heavy (non-hydrogen) atoms. The summed E-state index contributed by atoms with van der Waals surface area (Å²) in [5, 5.41) is 3.32. The second kappa shape index (κ2) is 4.31. The highest BCUT2D eigenvalue weighted by atomic mass is 32.2. The quantitative estimate of drug-likeness (QED) is 0.892. The average molecular weight is 279 g/mol. The van der Waals surface area contributed by atoms with Crippen LogP contribution in [0.2, 0.25) is 0 Å². The topological polar surface area (TPSA) is 64.0 Å². The molecule has 2 heterocycles. The number of aryl methyl sites for hydroxylation is 1. The van der Waals surface area contributed by atoms with Crippen molar-refractivity contribution < 1.29 is 8.42 Å². The van der Waals surface area contributed by atoms with E-state index in [0.29, 0.717) is 16.3 Å². The summed E-state index contributed by atoms with van der Waals surface area (Å²) in [6.07, 6.45) is 2.28. The molecule has 1 aromatic heterocycles. The van der Waals surface area contributed by atoms with Crippen LogP contribution in [0.15, 0.2) is 23.1 Å². The number of hydrogen-bond acceptors (Lipinski definition) is 4. The molecule has 1 aliphatic heterocycles. The summed E-state index contributed by atoms with van der Waals surface area (Å²) < 4.78 is 25.7. The van der Waals surface area contributed by atoms with Gasteiger partial charge in [0.2, 0.25) is 0 Å². The number of nitrogens with zero attached hydrogens (tertiary/aromatic N) is 2. The van der Waals surface area contributed by atoms with Gasteiger partial charge in [0.1, 0.15) is 11.3 Å². The molecule has 0 saturated carbocycles. The maximum absolute atomic E-state index is 11.8. The Morgan fingerprint density at radius 3 is 2.84 bits per heavy atom. The maximum atomic E-state index is 11.8. The normalized spacial score (nSPS) is 20.2. The predicted molar refractivity (Wildman–Crippen MR) is 74.1 cm³/mol. The van der Waals surface area contributed by atoms with E-state index >= 15 is 0 Å². The zero-order chi connectivity index (χ0) is 13.6. The molecular weight excluding hydrogens is 262 g/mol. The molecular formula is C13H17N3O2S. The van der Waals surface area contributed by atoms with Crippen molar-refractivity contribution in [1.82, 2.24) is 14.9 Å². The fourth-order valence-corrected chi connectivity index (χ4v) is 3.57. The molecule has 5 nitrogen and oxygen atoms in total. The van der Waals surface area contributed by atoms with Crippen LogP contribution in [-0.4, -0.2) is 37.3 Å². The zero-order valence-electron chi connectivity index (χ0n) is 11.0. The third-order valence-corrected chi connectivity index (χ3v) is 4.86. The van der Waals surface area contributed by atoms with Crippen molar-refractivity contribution in [3.8, 4) is 0 Å². The van der Waals surface area contributed by atoms with E-state index < -0.39 is 9.84 Å². The van der Waals surface area contributed by atoms with E-state index in [4.69, 9.17) is 0 Å². The molecule has 1 saturated heterocycles. The minimum atomic E-state index is -3.25. The zero-order valence-corrected chi connectivity index (χ0v) is 11.9. The SMILES string of the molecule is Cn1c(C2CCNC2)nc2c(S(C)(=O)=O)cccc21. The first kappa shape index (κ1) is 12.6. The number of nitrogens with one attached hydrogen (secondary N) is 1. The van der Waals surface area contributed by atoms with Crippen LogP contribution in [0.25, 0.3) is 11.0 Å². The number of rotatable bonds is 2. The molecule has 0 spiro atoms. The molecule has 1 N–H and O–H groups in total. The highest BCUT2D eigenvalue weighted by molar-refractivity contribution is 7.91. The van der Waals surface area contributed by atoms with Gasteiger partial charge >= 0.3 is 0 Å². The van der Waals surface area contributed by atoms with Crippen molar-refractivity contribution in [3.63, 3.8) is 0 Å². The largest absolute Gasteiger partial charge is 0.331 e. The molecule has 0 bridgehead atoms. The third kappa shape index (κ3) is 2.04. The first-order valence-electron chi connectivity index (χ1n) is 6.34. The van der Waals surface area contributed by atoms with Crippen LogP contribution in [0.1, 0.15) is 18.2 Å². The van der Waals surface area contributed by atoms with Crippen molar-refractivity contribution in [1.29, 1.82) is 0 Å². The molecule has 1 fully saturated rings. The molecule has 1 aliphatic rings. The monoisotopic (exact) mass is 279 g/mol. The van der Waals surface area contributed by atoms with Gasteiger partial charge < -0.3 is 9.88 Å². The molecule has 102 valence electrons. The lowest BCUT2D eigenvalue weighted by molar-refractivity contribution is 0.602. The predicted octanol–water partition coefficient (Wildman–Crippen LogP) is 1.05. The summed E-state index contributed by atoms with van der Waals surface area (Å²) in [7, 11) is -1.29. The van der Waals surface area contributed by atoms with Crippen LogP contribution < -0.4 is 5.32 Å². The van der Waals surface area contributed by atoms with Crippen LogP contribution in [0.5, 0.6) is 0 Å². The van der Waals surface area contributed by atoms with Crippen molar-refractivity contribution in [3.05, 3.63) is 24.0 Å². The summed E-state index contributed by atoms with van der Waals surface area (Å²) in [5.74, 6) is 1.33. The third-order valence-electron chi connectivity index (χ3n) is 3.73. The van der Waals surface area contributed by atoms with Gasteiger partial charge in [-0.25, -0.2) is 13.4 Å². The second-order valence-electron chi connectivity index (χ2n) is 5.11. The second-order valence-corrected chi connectivity index (χ2v) is 7.10. The Bertz CT molecular complexity index is 728. The summed E-state index contributed by atoms with van der Waals surface area (Å²) in [6, 6.07) is 5.32. The van der Waals surface area contributed by atoms with Crippen molar-refractivity contribution in [2.75, 3.05) is 19.3 Å². The lowest BCUT2D eigenvalue weighted by Gasteiger charge is -2.07. The Morgan fingerprint density at radius 2 is 2.21 bits per heavy atom. The Morgan fingerprint density at radius 1 is 1.42 bits per heavy atom. The number of benzene rings is 1. The number of para-hydroxylation sites is 1. The van der Waals surface area contributed by atoms with Gasteiger partial charge in [0.05, 0.1) is 10.4 Å². The first-order valence-corrected chi connectivity index (χ1v) is 8.24. The van der Waals surface area contributed by atoms with Gasteiger partial charge in [-0.1, -0.05) is 6.07 Å². The van der Waals surface area contributed by atoms with E-state index in [2.05, 4.69) is 10.3 Å². The van der Waals surface area contributed by atoms with Crippen molar-refractivity contribution in [2.45, 2.75) is 17.2 Å². The first-order chi connectivity index (χ1) is 8.98. The van der Waals surface area contributed by atoms with Gasteiger partial charge in [-0.05, 0) is 25.1 Å². The van der Waals surface area contributed by atoms with Gasteiger partial charge in [0.15, 0.2) is 9.84 Å². The number of hydrogen-bond donors (Lipinski definition) is 1. The number of aromatic nitrogens is 2. The van der Waals surface area contributed by atoms with E-state index in [0.717, 1.165) is 30.9 Å². The lowest BCUT2D eigenvalue weighted by atomic mass is 10.1. The number of imidazole rings is 1. The van der Waals surface area contributed by atoms with Crippen LogP contribution in [-0.2, 0) is 16.9 Å². The maximum Gasteiger partial charge on any atom is 0.177 e. The van der Waals surface area contributed by atoms with E-state index in [1.165, 1.54) is 6.26 Å².